The summed E-state index contributed by atoms with van der Waals surface area (Å²) in [4.78, 5) is 25.1. The fourth-order valence-corrected chi connectivity index (χ4v) is 3.29. The molecule has 0 bridgehead atoms. The first-order chi connectivity index (χ1) is 12.0. The smallest absolute Gasteiger partial charge is 0.263 e. The molecule has 0 radical (unpaired) electrons. The summed E-state index contributed by atoms with van der Waals surface area (Å²) in [5.41, 5.74) is 0.638. The van der Waals surface area contributed by atoms with Crippen LogP contribution in [0.4, 0.5) is 4.39 Å². The number of hydrogen-bond donors (Lipinski definition) is 1. The number of benzene rings is 1. The van der Waals surface area contributed by atoms with E-state index in [1.165, 1.54) is 16.7 Å². The lowest BCUT2D eigenvalue weighted by Gasteiger charge is -2.26. The molecule has 0 aliphatic heterocycles. The van der Waals surface area contributed by atoms with E-state index >= 15 is 0 Å². The first kappa shape index (κ1) is 17.4. The number of nitrogens with one attached hydrogen (secondary N) is 1. The SMILES string of the molecule is CC1CCC(NC(=O)c2cccn(Cc3ccc(F)cc3)c2=O)CC1. The summed E-state index contributed by atoms with van der Waals surface area (Å²) in [5, 5.41) is 2.99. The quantitative estimate of drug-likeness (QED) is 0.926. The zero-order valence-corrected chi connectivity index (χ0v) is 14.4. The highest BCUT2D eigenvalue weighted by Gasteiger charge is 2.21. The summed E-state index contributed by atoms with van der Waals surface area (Å²) in [6.45, 7) is 2.53. The van der Waals surface area contributed by atoms with E-state index in [4.69, 9.17) is 0 Å². The number of amides is 1. The van der Waals surface area contributed by atoms with Gasteiger partial charge in [0.2, 0.25) is 0 Å². The molecule has 2 aromatic rings. The minimum Gasteiger partial charge on any atom is -0.349 e. The van der Waals surface area contributed by atoms with Gasteiger partial charge in [0, 0.05) is 12.2 Å². The van der Waals surface area contributed by atoms with Crippen molar-refractivity contribution in [2.75, 3.05) is 0 Å². The van der Waals surface area contributed by atoms with Crippen LogP contribution in [0.15, 0.2) is 47.4 Å². The molecule has 0 spiro atoms. The maximum Gasteiger partial charge on any atom is 0.263 e. The third kappa shape index (κ3) is 4.35. The molecule has 1 saturated carbocycles. The van der Waals surface area contributed by atoms with E-state index in [-0.39, 0.29) is 28.9 Å². The van der Waals surface area contributed by atoms with Crippen molar-refractivity contribution in [3.8, 4) is 0 Å². The van der Waals surface area contributed by atoms with Crippen molar-refractivity contribution in [2.24, 2.45) is 5.92 Å². The third-order valence-electron chi connectivity index (χ3n) is 4.88. The molecule has 1 aromatic carbocycles. The van der Waals surface area contributed by atoms with Crippen LogP contribution in [0.1, 0.15) is 48.5 Å². The van der Waals surface area contributed by atoms with E-state index in [9.17, 15) is 14.0 Å². The van der Waals surface area contributed by atoms with Crippen LogP contribution in [0, 0.1) is 11.7 Å². The molecular weight excluding hydrogens is 319 g/mol. The Labute approximate surface area is 146 Å². The first-order valence-corrected chi connectivity index (χ1v) is 8.77. The second-order valence-corrected chi connectivity index (χ2v) is 6.91. The summed E-state index contributed by atoms with van der Waals surface area (Å²) in [5.74, 6) is 0.0850. The van der Waals surface area contributed by atoms with E-state index in [2.05, 4.69) is 12.2 Å². The highest BCUT2D eigenvalue weighted by molar-refractivity contribution is 5.94. The van der Waals surface area contributed by atoms with Gasteiger partial charge < -0.3 is 9.88 Å². The molecule has 25 heavy (non-hydrogen) atoms. The molecule has 1 aliphatic rings. The normalized spacial score (nSPS) is 20.2. The van der Waals surface area contributed by atoms with Crippen LogP contribution in [0.2, 0.25) is 0 Å². The number of hydrogen-bond acceptors (Lipinski definition) is 2. The predicted molar refractivity (Wildman–Crippen MR) is 95.1 cm³/mol. The largest absolute Gasteiger partial charge is 0.349 e. The molecule has 5 heteroatoms. The zero-order chi connectivity index (χ0) is 17.8. The molecule has 1 aromatic heterocycles. The summed E-state index contributed by atoms with van der Waals surface area (Å²) < 4.78 is 14.5. The number of carbonyl (C=O) groups excluding carboxylic acids is 1. The van der Waals surface area contributed by atoms with Crippen molar-refractivity contribution in [3.05, 3.63) is 69.9 Å². The monoisotopic (exact) mass is 342 g/mol. The van der Waals surface area contributed by atoms with Crippen molar-refractivity contribution in [1.29, 1.82) is 0 Å². The summed E-state index contributed by atoms with van der Waals surface area (Å²) in [6.07, 6.45) is 5.78. The summed E-state index contributed by atoms with van der Waals surface area (Å²) in [6, 6.07) is 9.40. The highest BCUT2D eigenvalue weighted by Crippen LogP contribution is 2.23. The van der Waals surface area contributed by atoms with Gasteiger partial charge in [-0.25, -0.2) is 4.39 Å². The lowest BCUT2D eigenvalue weighted by molar-refractivity contribution is 0.0921. The van der Waals surface area contributed by atoms with E-state index in [1.807, 2.05) is 0 Å². The number of rotatable bonds is 4. The lowest BCUT2D eigenvalue weighted by Crippen LogP contribution is -2.40. The molecule has 1 heterocycles. The van der Waals surface area contributed by atoms with Crippen molar-refractivity contribution in [2.45, 2.75) is 45.2 Å². The van der Waals surface area contributed by atoms with Gasteiger partial charge in [-0.05, 0) is 61.4 Å². The first-order valence-electron chi connectivity index (χ1n) is 8.77. The van der Waals surface area contributed by atoms with Crippen LogP contribution in [-0.2, 0) is 6.54 Å². The van der Waals surface area contributed by atoms with Gasteiger partial charge in [0.15, 0.2) is 0 Å². The minimum absolute atomic E-state index is 0.147. The van der Waals surface area contributed by atoms with E-state index in [0.717, 1.165) is 31.2 Å². The second-order valence-electron chi connectivity index (χ2n) is 6.91. The molecule has 0 unspecified atom stereocenters. The number of nitrogens with zero attached hydrogens (tertiary/aromatic N) is 1. The molecule has 1 N–H and O–H groups in total. The Hall–Kier alpha value is -2.43. The number of halogens is 1. The van der Waals surface area contributed by atoms with Crippen molar-refractivity contribution < 1.29 is 9.18 Å². The fourth-order valence-electron chi connectivity index (χ4n) is 3.29. The Balaban J connectivity index is 1.73. The van der Waals surface area contributed by atoms with Crippen molar-refractivity contribution >= 4 is 5.91 Å². The maximum absolute atomic E-state index is 13.0. The summed E-state index contributed by atoms with van der Waals surface area (Å²) in [7, 11) is 0. The lowest BCUT2D eigenvalue weighted by atomic mass is 9.87. The zero-order valence-electron chi connectivity index (χ0n) is 14.4. The van der Waals surface area contributed by atoms with Gasteiger partial charge >= 0.3 is 0 Å². The second kappa shape index (κ2) is 7.64. The van der Waals surface area contributed by atoms with Crippen LogP contribution < -0.4 is 10.9 Å². The highest BCUT2D eigenvalue weighted by atomic mass is 19.1. The third-order valence-corrected chi connectivity index (χ3v) is 4.88. The predicted octanol–water partition coefficient (Wildman–Crippen LogP) is 3.34. The van der Waals surface area contributed by atoms with Crippen LogP contribution >= 0.6 is 0 Å². The average molecular weight is 342 g/mol. The Morgan fingerprint density at radius 1 is 1.16 bits per heavy atom. The molecular formula is C20H23FN2O2. The molecule has 132 valence electrons. The van der Waals surface area contributed by atoms with Gasteiger partial charge in [0.25, 0.3) is 11.5 Å². The van der Waals surface area contributed by atoms with Gasteiger partial charge in [0.1, 0.15) is 11.4 Å². The van der Waals surface area contributed by atoms with Gasteiger partial charge in [0.05, 0.1) is 6.54 Å². The molecule has 1 fully saturated rings. The molecule has 3 rings (SSSR count). The Kier molecular flexibility index (Phi) is 5.31. The van der Waals surface area contributed by atoms with Crippen molar-refractivity contribution in [1.82, 2.24) is 9.88 Å². The van der Waals surface area contributed by atoms with Crippen LogP contribution in [-0.4, -0.2) is 16.5 Å². The minimum atomic E-state index is -0.325. The standard InChI is InChI=1S/C20H23FN2O2/c1-14-4-10-17(11-5-14)22-19(24)18-3-2-12-23(20(18)25)13-15-6-8-16(21)9-7-15/h2-3,6-9,12,14,17H,4-5,10-11,13H2,1H3,(H,22,24). The molecule has 0 atom stereocenters. The number of aromatic nitrogens is 1. The Bertz CT molecular complexity index is 790. The Morgan fingerprint density at radius 3 is 2.52 bits per heavy atom. The van der Waals surface area contributed by atoms with Gasteiger partial charge in [-0.3, -0.25) is 9.59 Å². The molecule has 1 amide bonds. The molecule has 1 aliphatic carbocycles. The fraction of sp³-hybridized carbons (Fsp3) is 0.400. The molecule has 4 nitrogen and oxygen atoms in total. The average Bonchev–Trinajstić information content (AvgIpc) is 2.60. The Morgan fingerprint density at radius 2 is 1.84 bits per heavy atom. The van der Waals surface area contributed by atoms with Crippen LogP contribution in [0.25, 0.3) is 0 Å². The van der Waals surface area contributed by atoms with Gasteiger partial charge in [-0.1, -0.05) is 19.1 Å². The van der Waals surface area contributed by atoms with E-state index < -0.39 is 0 Å². The summed E-state index contributed by atoms with van der Waals surface area (Å²) >= 11 is 0. The van der Waals surface area contributed by atoms with Gasteiger partial charge in [-0.15, -0.1) is 0 Å². The van der Waals surface area contributed by atoms with Crippen LogP contribution in [0.3, 0.4) is 0 Å². The van der Waals surface area contributed by atoms with Crippen molar-refractivity contribution in [3.63, 3.8) is 0 Å². The number of pyridine rings is 1. The van der Waals surface area contributed by atoms with Crippen LogP contribution in [0.5, 0.6) is 0 Å². The maximum atomic E-state index is 13.0. The number of carbonyl (C=O) groups is 1. The van der Waals surface area contributed by atoms with E-state index in [0.29, 0.717) is 12.5 Å². The molecule has 0 saturated heterocycles. The topological polar surface area (TPSA) is 51.1 Å². The van der Waals surface area contributed by atoms with E-state index in [1.54, 1.807) is 30.5 Å². The van der Waals surface area contributed by atoms with Gasteiger partial charge in [-0.2, -0.15) is 0 Å².